The smallest absolute Gasteiger partial charge is 0.257 e. The van der Waals surface area contributed by atoms with E-state index in [1.165, 1.54) is 36.6 Å². The number of halogens is 1. The molecule has 0 unspecified atom stereocenters. The number of rotatable bonds is 6. The zero-order chi connectivity index (χ0) is 20.5. The van der Waals surface area contributed by atoms with Gasteiger partial charge < -0.3 is 4.74 Å². The van der Waals surface area contributed by atoms with Crippen LogP contribution in [0.3, 0.4) is 0 Å². The molecule has 7 nitrogen and oxygen atoms in total. The third-order valence-electron chi connectivity index (χ3n) is 3.68. The van der Waals surface area contributed by atoms with Gasteiger partial charge in [0.1, 0.15) is 10.6 Å². The number of hydrogen-bond acceptors (Lipinski definition) is 6. The molecule has 0 aliphatic heterocycles. The van der Waals surface area contributed by atoms with Gasteiger partial charge in [0.25, 0.3) is 5.91 Å². The molecule has 0 bridgehead atoms. The fourth-order valence-electron chi connectivity index (χ4n) is 2.52. The molecule has 10 heteroatoms. The van der Waals surface area contributed by atoms with Crippen LogP contribution in [0.15, 0.2) is 41.3 Å². The van der Waals surface area contributed by atoms with Crippen LogP contribution in [0.25, 0.3) is 10.2 Å². The van der Waals surface area contributed by atoms with Crippen molar-refractivity contribution in [2.45, 2.75) is 24.8 Å². The third-order valence-corrected chi connectivity index (χ3v) is 6.53. The van der Waals surface area contributed by atoms with Gasteiger partial charge in [0.05, 0.1) is 17.3 Å². The SMILES string of the molecule is COc1ccc(C(=O)Nc2nc3ccc(Cl)cc3s2)cc1S(=O)(=O)NC(C)C. The maximum absolute atomic E-state index is 12.6. The molecule has 2 N–H and O–H groups in total. The Labute approximate surface area is 171 Å². The van der Waals surface area contributed by atoms with Gasteiger partial charge in [-0.1, -0.05) is 22.9 Å². The van der Waals surface area contributed by atoms with Crippen LogP contribution in [0, 0.1) is 0 Å². The molecule has 3 aromatic rings. The lowest BCUT2D eigenvalue weighted by Gasteiger charge is -2.14. The largest absolute Gasteiger partial charge is 0.495 e. The van der Waals surface area contributed by atoms with Gasteiger partial charge in [-0.3, -0.25) is 10.1 Å². The molecule has 0 fully saturated rings. The Morgan fingerprint density at radius 1 is 1.21 bits per heavy atom. The van der Waals surface area contributed by atoms with Crippen molar-refractivity contribution >= 4 is 54.2 Å². The van der Waals surface area contributed by atoms with Gasteiger partial charge in [-0.15, -0.1) is 0 Å². The predicted molar refractivity (Wildman–Crippen MR) is 111 cm³/mol. The van der Waals surface area contributed by atoms with Crippen molar-refractivity contribution in [1.29, 1.82) is 0 Å². The first kappa shape index (κ1) is 20.5. The number of aromatic nitrogens is 1. The van der Waals surface area contributed by atoms with Crippen molar-refractivity contribution in [2.24, 2.45) is 0 Å². The number of carbonyl (C=O) groups is 1. The minimum atomic E-state index is -3.84. The molecule has 0 saturated heterocycles. The normalized spacial score (nSPS) is 11.8. The molecular formula is C18H18ClN3O4S2. The van der Waals surface area contributed by atoms with E-state index >= 15 is 0 Å². The molecule has 1 heterocycles. The maximum atomic E-state index is 12.6. The summed E-state index contributed by atoms with van der Waals surface area (Å²) in [4.78, 5) is 16.9. The summed E-state index contributed by atoms with van der Waals surface area (Å²) in [6.45, 7) is 3.42. The van der Waals surface area contributed by atoms with Gasteiger partial charge in [-0.2, -0.15) is 0 Å². The van der Waals surface area contributed by atoms with Crippen molar-refractivity contribution in [3.63, 3.8) is 0 Å². The number of thiazole rings is 1. The van der Waals surface area contributed by atoms with E-state index in [-0.39, 0.29) is 22.3 Å². The lowest BCUT2D eigenvalue weighted by Crippen LogP contribution is -2.30. The summed E-state index contributed by atoms with van der Waals surface area (Å²) in [5.74, 6) is -0.326. The topological polar surface area (TPSA) is 97.4 Å². The van der Waals surface area contributed by atoms with Crippen molar-refractivity contribution in [3.8, 4) is 5.75 Å². The van der Waals surface area contributed by atoms with Crippen molar-refractivity contribution in [1.82, 2.24) is 9.71 Å². The van der Waals surface area contributed by atoms with E-state index in [0.29, 0.717) is 15.7 Å². The number of methoxy groups -OCH3 is 1. The van der Waals surface area contributed by atoms with E-state index < -0.39 is 15.9 Å². The number of nitrogens with one attached hydrogen (secondary N) is 2. The highest BCUT2D eigenvalue weighted by atomic mass is 35.5. The molecule has 0 atom stereocenters. The highest BCUT2D eigenvalue weighted by Crippen LogP contribution is 2.29. The monoisotopic (exact) mass is 439 g/mol. The first-order valence-electron chi connectivity index (χ1n) is 8.27. The molecule has 0 aliphatic rings. The average Bonchev–Trinajstić information content (AvgIpc) is 3.01. The van der Waals surface area contributed by atoms with Crippen LogP contribution in [0.4, 0.5) is 5.13 Å². The lowest BCUT2D eigenvalue weighted by molar-refractivity contribution is 0.102. The quantitative estimate of drug-likeness (QED) is 0.607. The molecule has 0 saturated carbocycles. The first-order valence-corrected chi connectivity index (χ1v) is 10.9. The zero-order valence-electron chi connectivity index (χ0n) is 15.3. The summed E-state index contributed by atoms with van der Waals surface area (Å²) in [5, 5.41) is 3.67. The van der Waals surface area contributed by atoms with Crippen LogP contribution in [0.1, 0.15) is 24.2 Å². The van der Waals surface area contributed by atoms with E-state index in [2.05, 4.69) is 15.0 Å². The Morgan fingerprint density at radius 3 is 2.64 bits per heavy atom. The van der Waals surface area contributed by atoms with Crippen molar-refractivity contribution in [2.75, 3.05) is 12.4 Å². The highest BCUT2D eigenvalue weighted by molar-refractivity contribution is 7.89. The molecule has 148 valence electrons. The number of sulfonamides is 1. The number of anilines is 1. The summed E-state index contributed by atoms with van der Waals surface area (Å²) in [6, 6.07) is 9.16. The molecule has 1 aromatic heterocycles. The molecule has 1 amide bonds. The van der Waals surface area contributed by atoms with Crippen LogP contribution in [-0.4, -0.2) is 32.5 Å². The Morgan fingerprint density at radius 2 is 1.96 bits per heavy atom. The van der Waals surface area contributed by atoms with Gasteiger partial charge in [0.2, 0.25) is 10.0 Å². The second-order valence-corrected chi connectivity index (χ2v) is 9.38. The van der Waals surface area contributed by atoms with Gasteiger partial charge in [0, 0.05) is 16.6 Å². The minimum absolute atomic E-state index is 0.104. The summed E-state index contributed by atoms with van der Waals surface area (Å²) in [5.41, 5.74) is 0.881. The van der Waals surface area contributed by atoms with Gasteiger partial charge in [-0.25, -0.2) is 18.1 Å². The minimum Gasteiger partial charge on any atom is -0.495 e. The summed E-state index contributed by atoms with van der Waals surface area (Å²) in [7, 11) is -2.47. The number of fused-ring (bicyclic) bond motifs is 1. The summed E-state index contributed by atoms with van der Waals surface area (Å²) in [6.07, 6.45) is 0. The summed E-state index contributed by atoms with van der Waals surface area (Å²) >= 11 is 7.25. The molecule has 2 aromatic carbocycles. The van der Waals surface area contributed by atoms with Gasteiger partial charge in [-0.05, 0) is 50.2 Å². The first-order chi connectivity index (χ1) is 13.2. The number of carbonyl (C=O) groups excluding carboxylic acids is 1. The molecule has 0 spiro atoms. The predicted octanol–water partition coefficient (Wildman–Crippen LogP) is 3.90. The van der Waals surface area contributed by atoms with Crippen LogP contribution in [0.5, 0.6) is 5.75 Å². The zero-order valence-corrected chi connectivity index (χ0v) is 17.7. The maximum Gasteiger partial charge on any atom is 0.257 e. The Balaban J connectivity index is 1.91. The van der Waals surface area contributed by atoms with E-state index in [1.807, 2.05) is 0 Å². The molecule has 0 aliphatic carbocycles. The van der Waals surface area contributed by atoms with E-state index in [0.717, 1.165) is 4.70 Å². The van der Waals surface area contributed by atoms with Crippen LogP contribution < -0.4 is 14.8 Å². The van der Waals surface area contributed by atoms with E-state index in [9.17, 15) is 13.2 Å². The Hall–Kier alpha value is -2.20. The van der Waals surface area contributed by atoms with Gasteiger partial charge >= 0.3 is 0 Å². The van der Waals surface area contributed by atoms with Crippen LogP contribution >= 0.6 is 22.9 Å². The number of amides is 1. The number of benzene rings is 2. The number of hydrogen-bond donors (Lipinski definition) is 2. The number of nitrogens with zero attached hydrogens (tertiary/aromatic N) is 1. The Bertz CT molecular complexity index is 1140. The Kier molecular flexibility index (Phi) is 5.90. The van der Waals surface area contributed by atoms with Crippen molar-refractivity contribution < 1.29 is 17.9 Å². The highest BCUT2D eigenvalue weighted by Gasteiger charge is 2.23. The fraction of sp³-hybridized carbons (Fsp3) is 0.222. The van der Waals surface area contributed by atoms with E-state index in [4.69, 9.17) is 16.3 Å². The van der Waals surface area contributed by atoms with Crippen LogP contribution in [-0.2, 0) is 10.0 Å². The lowest BCUT2D eigenvalue weighted by atomic mass is 10.2. The van der Waals surface area contributed by atoms with E-state index in [1.54, 1.807) is 32.0 Å². The molecular weight excluding hydrogens is 422 g/mol. The average molecular weight is 440 g/mol. The van der Waals surface area contributed by atoms with Crippen LogP contribution in [0.2, 0.25) is 5.02 Å². The van der Waals surface area contributed by atoms with Gasteiger partial charge in [0.15, 0.2) is 5.13 Å². The molecule has 0 radical (unpaired) electrons. The summed E-state index contributed by atoms with van der Waals surface area (Å²) < 4.78 is 33.6. The number of ether oxygens (including phenoxy) is 1. The molecule has 3 rings (SSSR count). The standard InChI is InChI=1S/C18H18ClN3O4S2/c1-10(2)22-28(24,25)16-8-11(4-7-14(16)26-3)17(23)21-18-20-13-6-5-12(19)9-15(13)27-18/h4-10,22H,1-3H3,(H,20,21,23). The fourth-order valence-corrected chi connectivity index (χ4v) is 5.11. The third kappa shape index (κ3) is 4.44. The second-order valence-electron chi connectivity index (χ2n) is 6.23. The molecule has 28 heavy (non-hydrogen) atoms. The van der Waals surface area contributed by atoms with Crippen molar-refractivity contribution in [3.05, 3.63) is 47.0 Å². The second kappa shape index (κ2) is 8.04.